The maximum atomic E-state index is 12.9. The van der Waals surface area contributed by atoms with E-state index in [0.717, 1.165) is 4.90 Å². The first-order valence-electron chi connectivity index (χ1n) is 5.58. The number of hydrogen-bond donors (Lipinski definition) is 2. The summed E-state index contributed by atoms with van der Waals surface area (Å²) in [5.74, 6) is -1.52. The van der Waals surface area contributed by atoms with Crippen LogP contribution in [0.4, 0.5) is 14.9 Å². The summed E-state index contributed by atoms with van der Waals surface area (Å²) in [4.78, 5) is 23.6. The zero-order valence-corrected chi connectivity index (χ0v) is 10.5. The standard InChI is InChI=1S/C13H15FN2O3/c1-3-6-16(8-12(17)18)13(19)15-11-5-4-10(14)7-9(11)2/h3-5,7H,1,6,8H2,2H3,(H,15,19)(H,17,18). The number of rotatable bonds is 5. The maximum Gasteiger partial charge on any atom is 0.323 e. The molecule has 1 rings (SSSR count). The highest BCUT2D eigenvalue weighted by atomic mass is 19.1. The van der Waals surface area contributed by atoms with Gasteiger partial charge in [0, 0.05) is 12.2 Å². The molecule has 0 saturated carbocycles. The van der Waals surface area contributed by atoms with Crippen LogP contribution >= 0.6 is 0 Å². The Morgan fingerprint density at radius 3 is 2.74 bits per heavy atom. The summed E-state index contributed by atoms with van der Waals surface area (Å²) < 4.78 is 12.9. The van der Waals surface area contributed by atoms with Gasteiger partial charge in [-0.1, -0.05) is 6.08 Å². The number of amides is 2. The molecule has 0 spiro atoms. The van der Waals surface area contributed by atoms with E-state index < -0.39 is 24.4 Å². The van der Waals surface area contributed by atoms with Gasteiger partial charge in [-0.05, 0) is 30.7 Å². The summed E-state index contributed by atoms with van der Waals surface area (Å²) in [6.45, 7) is 4.79. The number of halogens is 1. The molecule has 1 aromatic carbocycles. The second-order valence-electron chi connectivity index (χ2n) is 3.95. The number of nitrogens with zero attached hydrogens (tertiary/aromatic N) is 1. The number of benzene rings is 1. The largest absolute Gasteiger partial charge is 0.480 e. The Bertz CT molecular complexity index is 503. The van der Waals surface area contributed by atoms with Crippen molar-refractivity contribution in [2.75, 3.05) is 18.4 Å². The van der Waals surface area contributed by atoms with E-state index in [-0.39, 0.29) is 6.54 Å². The van der Waals surface area contributed by atoms with Gasteiger partial charge < -0.3 is 15.3 Å². The molecule has 0 saturated heterocycles. The molecule has 0 aliphatic heterocycles. The predicted molar refractivity (Wildman–Crippen MR) is 69.6 cm³/mol. The van der Waals surface area contributed by atoms with Crippen LogP contribution in [-0.2, 0) is 4.79 Å². The van der Waals surface area contributed by atoms with E-state index in [1.165, 1.54) is 24.3 Å². The van der Waals surface area contributed by atoms with Crippen molar-refractivity contribution >= 4 is 17.7 Å². The third-order valence-corrected chi connectivity index (χ3v) is 2.39. The average molecular weight is 266 g/mol. The van der Waals surface area contributed by atoms with Crippen molar-refractivity contribution in [2.45, 2.75) is 6.92 Å². The first-order chi connectivity index (χ1) is 8.93. The van der Waals surface area contributed by atoms with Crippen molar-refractivity contribution in [3.63, 3.8) is 0 Å². The van der Waals surface area contributed by atoms with Crippen LogP contribution in [-0.4, -0.2) is 35.1 Å². The van der Waals surface area contributed by atoms with Gasteiger partial charge in [0.15, 0.2) is 0 Å². The summed E-state index contributed by atoms with van der Waals surface area (Å²) in [5.41, 5.74) is 0.994. The van der Waals surface area contributed by atoms with Gasteiger partial charge in [0.1, 0.15) is 12.4 Å². The number of urea groups is 1. The topological polar surface area (TPSA) is 69.6 Å². The van der Waals surface area contributed by atoms with Gasteiger partial charge in [-0.3, -0.25) is 4.79 Å². The molecule has 0 unspecified atom stereocenters. The summed E-state index contributed by atoms with van der Waals surface area (Å²) in [6, 6.07) is 3.36. The molecule has 0 aromatic heterocycles. The second-order valence-corrected chi connectivity index (χ2v) is 3.95. The fourth-order valence-electron chi connectivity index (χ4n) is 1.50. The molecule has 5 nitrogen and oxygen atoms in total. The fourth-order valence-corrected chi connectivity index (χ4v) is 1.50. The molecule has 2 N–H and O–H groups in total. The SMILES string of the molecule is C=CCN(CC(=O)O)C(=O)Nc1ccc(F)cc1C. The molecule has 0 fully saturated rings. The Morgan fingerprint density at radius 2 is 2.21 bits per heavy atom. The summed E-state index contributed by atoms with van der Waals surface area (Å²) >= 11 is 0. The summed E-state index contributed by atoms with van der Waals surface area (Å²) in [7, 11) is 0. The van der Waals surface area contributed by atoms with Gasteiger partial charge in [0.05, 0.1) is 0 Å². The van der Waals surface area contributed by atoms with Crippen LogP contribution in [0.3, 0.4) is 0 Å². The molecule has 0 aliphatic carbocycles. The van der Waals surface area contributed by atoms with Crippen LogP contribution in [0.5, 0.6) is 0 Å². The first-order valence-corrected chi connectivity index (χ1v) is 5.58. The van der Waals surface area contributed by atoms with Crippen molar-refractivity contribution in [3.05, 3.63) is 42.2 Å². The van der Waals surface area contributed by atoms with Gasteiger partial charge in [-0.25, -0.2) is 9.18 Å². The third kappa shape index (κ3) is 4.42. The van der Waals surface area contributed by atoms with E-state index in [1.807, 2.05) is 0 Å². The molecule has 0 heterocycles. The van der Waals surface area contributed by atoms with E-state index in [9.17, 15) is 14.0 Å². The van der Waals surface area contributed by atoms with E-state index in [1.54, 1.807) is 6.92 Å². The fraction of sp³-hybridized carbons (Fsp3) is 0.231. The van der Waals surface area contributed by atoms with Gasteiger partial charge >= 0.3 is 12.0 Å². The normalized spacial score (nSPS) is 9.79. The Labute approximate surface area is 110 Å². The number of carboxylic acids is 1. The lowest BCUT2D eigenvalue weighted by Crippen LogP contribution is -2.38. The Hall–Kier alpha value is -2.37. The molecule has 102 valence electrons. The number of hydrogen-bond acceptors (Lipinski definition) is 2. The Morgan fingerprint density at radius 1 is 1.53 bits per heavy atom. The molecule has 6 heteroatoms. The minimum atomic E-state index is -1.12. The molecule has 2 amide bonds. The smallest absolute Gasteiger partial charge is 0.323 e. The lowest BCUT2D eigenvalue weighted by molar-refractivity contribution is -0.137. The average Bonchev–Trinajstić information content (AvgIpc) is 2.31. The van der Waals surface area contributed by atoms with E-state index >= 15 is 0 Å². The molecule has 0 bridgehead atoms. The highest BCUT2D eigenvalue weighted by Crippen LogP contribution is 2.16. The zero-order chi connectivity index (χ0) is 14.4. The van der Waals surface area contributed by atoms with Gasteiger partial charge in [-0.15, -0.1) is 6.58 Å². The lowest BCUT2D eigenvalue weighted by Gasteiger charge is -2.20. The highest BCUT2D eigenvalue weighted by Gasteiger charge is 2.16. The van der Waals surface area contributed by atoms with Crippen molar-refractivity contribution in [1.29, 1.82) is 0 Å². The number of anilines is 1. The molecule has 0 atom stereocenters. The molecule has 0 radical (unpaired) electrons. The van der Waals surface area contributed by atoms with Crippen LogP contribution in [0.2, 0.25) is 0 Å². The quantitative estimate of drug-likeness (QED) is 0.803. The van der Waals surface area contributed by atoms with Crippen molar-refractivity contribution in [1.82, 2.24) is 4.90 Å². The van der Waals surface area contributed by atoms with Crippen molar-refractivity contribution in [3.8, 4) is 0 Å². The van der Waals surface area contributed by atoms with Crippen LogP contribution in [0.1, 0.15) is 5.56 Å². The number of aliphatic carboxylic acids is 1. The number of nitrogens with one attached hydrogen (secondary N) is 1. The van der Waals surface area contributed by atoms with Gasteiger partial charge in [0.25, 0.3) is 0 Å². The highest BCUT2D eigenvalue weighted by molar-refractivity contribution is 5.92. The Kier molecular flexibility index (Phi) is 5.05. The minimum absolute atomic E-state index is 0.109. The van der Waals surface area contributed by atoms with E-state index in [0.29, 0.717) is 11.3 Å². The van der Waals surface area contributed by atoms with Crippen LogP contribution in [0, 0.1) is 12.7 Å². The number of carboxylic acid groups (broad SMARTS) is 1. The minimum Gasteiger partial charge on any atom is -0.480 e. The maximum absolute atomic E-state index is 12.9. The summed E-state index contributed by atoms with van der Waals surface area (Å²) in [6.07, 6.45) is 1.43. The second kappa shape index (κ2) is 6.53. The van der Waals surface area contributed by atoms with Crippen LogP contribution < -0.4 is 5.32 Å². The van der Waals surface area contributed by atoms with Gasteiger partial charge in [0.2, 0.25) is 0 Å². The number of carbonyl (C=O) groups excluding carboxylic acids is 1. The van der Waals surface area contributed by atoms with Crippen molar-refractivity contribution < 1.29 is 19.1 Å². The van der Waals surface area contributed by atoms with Crippen LogP contribution in [0.25, 0.3) is 0 Å². The third-order valence-electron chi connectivity index (χ3n) is 2.39. The predicted octanol–water partition coefficient (Wildman–Crippen LogP) is 2.24. The number of aryl methyl sites for hydroxylation is 1. The monoisotopic (exact) mass is 266 g/mol. The molecular formula is C13H15FN2O3. The van der Waals surface area contributed by atoms with E-state index in [2.05, 4.69) is 11.9 Å². The van der Waals surface area contributed by atoms with E-state index in [4.69, 9.17) is 5.11 Å². The summed E-state index contributed by atoms with van der Waals surface area (Å²) in [5, 5.41) is 11.2. The zero-order valence-electron chi connectivity index (χ0n) is 10.5. The molecular weight excluding hydrogens is 251 g/mol. The Balaban J connectivity index is 2.80. The molecule has 19 heavy (non-hydrogen) atoms. The molecule has 1 aromatic rings. The van der Waals surface area contributed by atoms with Gasteiger partial charge in [-0.2, -0.15) is 0 Å². The number of carbonyl (C=O) groups is 2. The van der Waals surface area contributed by atoms with Crippen molar-refractivity contribution in [2.24, 2.45) is 0 Å². The first kappa shape index (κ1) is 14.7. The lowest BCUT2D eigenvalue weighted by atomic mass is 10.2. The van der Waals surface area contributed by atoms with Crippen LogP contribution in [0.15, 0.2) is 30.9 Å². The molecule has 0 aliphatic rings.